The van der Waals surface area contributed by atoms with Crippen molar-refractivity contribution in [2.24, 2.45) is 5.73 Å². The normalized spacial score (nSPS) is 25.9. The number of benzene rings is 1. The molecule has 0 radical (unpaired) electrons. The van der Waals surface area contributed by atoms with Crippen molar-refractivity contribution in [3.8, 4) is 0 Å². The molecule has 2 N–H and O–H groups in total. The summed E-state index contributed by atoms with van der Waals surface area (Å²) in [5.74, 6) is 0.468. The predicted molar refractivity (Wildman–Crippen MR) is 63.7 cm³/mol. The second-order valence-corrected chi connectivity index (χ2v) is 5.76. The fourth-order valence-corrected chi connectivity index (χ4v) is 3.09. The van der Waals surface area contributed by atoms with Crippen LogP contribution in [0.2, 0.25) is 5.02 Å². The summed E-state index contributed by atoms with van der Waals surface area (Å²) >= 11 is 7.57. The number of hydrogen-bond donors (Lipinski definition) is 1. The van der Waals surface area contributed by atoms with E-state index >= 15 is 0 Å². The molecule has 0 saturated heterocycles. The van der Waals surface area contributed by atoms with Gasteiger partial charge in [0.15, 0.2) is 0 Å². The third kappa shape index (κ3) is 2.30. The van der Waals surface area contributed by atoms with Crippen LogP contribution < -0.4 is 5.73 Å². The maximum atomic E-state index is 13.3. The molecule has 2 atom stereocenters. The third-order valence-corrected chi connectivity index (χ3v) is 4.22. The summed E-state index contributed by atoms with van der Waals surface area (Å²) in [5, 5.41) is 0.679. The summed E-state index contributed by atoms with van der Waals surface area (Å²) in [6.45, 7) is 2.15. The van der Waals surface area contributed by atoms with Gasteiger partial charge in [0.2, 0.25) is 0 Å². The van der Waals surface area contributed by atoms with Crippen molar-refractivity contribution in [2.45, 2.75) is 30.4 Å². The van der Waals surface area contributed by atoms with Crippen LogP contribution in [0.4, 0.5) is 4.39 Å². The van der Waals surface area contributed by atoms with Crippen molar-refractivity contribution in [3.63, 3.8) is 0 Å². The Kier molecular flexibility index (Phi) is 3.24. The molecule has 2 rings (SSSR count). The van der Waals surface area contributed by atoms with Crippen LogP contribution in [0.15, 0.2) is 12.1 Å². The average Bonchev–Trinajstić information content (AvgIpc) is 2.30. The van der Waals surface area contributed by atoms with E-state index in [0.29, 0.717) is 5.25 Å². The van der Waals surface area contributed by atoms with Gasteiger partial charge in [0.1, 0.15) is 5.82 Å². The molecule has 15 heavy (non-hydrogen) atoms. The lowest BCUT2D eigenvalue weighted by molar-refractivity contribution is 0.618. The number of thioether (sulfide) groups is 1. The zero-order valence-electron chi connectivity index (χ0n) is 8.47. The Hall–Kier alpha value is -0.250. The van der Waals surface area contributed by atoms with Crippen molar-refractivity contribution in [2.75, 3.05) is 0 Å². The van der Waals surface area contributed by atoms with E-state index in [2.05, 4.69) is 6.92 Å². The van der Waals surface area contributed by atoms with Gasteiger partial charge in [0.25, 0.3) is 0 Å². The fourth-order valence-electron chi connectivity index (χ4n) is 1.86. The van der Waals surface area contributed by atoms with Gasteiger partial charge in [-0.3, -0.25) is 0 Å². The molecule has 0 saturated carbocycles. The van der Waals surface area contributed by atoms with Crippen LogP contribution in [-0.2, 0) is 5.75 Å². The van der Waals surface area contributed by atoms with Crippen LogP contribution in [0, 0.1) is 5.82 Å². The molecule has 0 amide bonds. The van der Waals surface area contributed by atoms with Gasteiger partial charge in [-0.05, 0) is 29.7 Å². The van der Waals surface area contributed by atoms with E-state index in [0.717, 1.165) is 23.3 Å². The molecular weight excluding hydrogens is 233 g/mol. The van der Waals surface area contributed by atoms with Gasteiger partial charge in [-0.15, -0.1) is 0 Å². The van der Waals surface area contributed by atoms with Gasteiger partial charge < -0.3 is 5.73 Å². The Labute approximate surface area is 98.2 Å². The number of halogens is 2. The average molecular weight is 246 g/mol. The van der Waals surface area contributed by atoms with Gasteiger partial charge in [0.05, 0.1) is 5.02 Å². The minimum atomic E-state index is -0.349. The molecule has 0 aromatic heterocycles. The molecular formula is C11H13ClFNS. The maximum Gasteiger partial charge on any atom is 0.142 e. The zero-order chi connectivity index (χ0) is 11.0. The van der Waals surface area contributed by atoms with Crippen LogP contribution in [-0.4, -0.2) is 5.25 Å². The van der Waals surface area contributed by atoms with E-state index in [9.17, 15) is 4.39 Å². The first kappa shape index (κ1) is 11.2. The van der Waals surface area contributed by atoms with Crippen LogP contribution in [0.25, 0.3) is 0 Å². The predicted octanol–water partition coefficient (Wildman–Crippen LogP) is 3.50. The van der Waals surface area contributed by atoms with Crippen molar-refractivity contribution in [3.05, 3.63) is 34.1 Å². The van der Waals surface area contributed by atoms with Crippen molar-refractivity contribution in [1.82, 2.24) is 0 Å². The molecule has 82 valence electrons. The van der Waals surface area contributed by atoms with E-state index < -0.39 is 0 Å². The van der Waals surface area contributed by atoms with Crippen molar-refractivity contribution in [1.29, 1.82) is 0 Å². The molecule has 0 aliphatic carbocycles. The Balaban J connectivity index is 2.45. The highest BCUT2D eigenvalue weighted by Gasteiger charge is 2.21. The Morgan fingerprint density at radius 1 is 1.53 bits per heavy atom. The Morgan fingerprint density at radius 2 is 2.27 bits per heavy atom. The first-order valence-electron chi connectivity index (χ1n) is 4.93. The molecule has 1 heterocycles. The summed E-state index contributed by atoms with van der Waals surface area (Å²) in [5.41, 5.74) is 8.04. The van der Waals surface area contributed by atoms with Gasteiger partial charge in [-0.25, -0.2) is 4.39 Å². The minimum Gasteiger partial charge on any atom is -0.324 e. The second kappa shape index (κ2) is 4.32. The minimum absolute atomic E-state index is 0.0249. The summed E-state index contributed by atoms with van der Waals surface area (Å²) in [7, 11) is 0. The molecule has 1 aromatic carbocycles. The van der Waals surface area contributed by atoms with Crippen LogP contribution in [0.3, 0.4) is 0 Å². The smallest absolute Gasteiger partial charge is 0.142 e. The van der Waals surface area contributed by atoms with E-state index in [-0.39, 0.29) is 16.9 Å². The molecule has 0 spiro atoms. The highest BCUT2D eigenvalue weighted by molar-refractivity contribution is 7.99. The number of hydrogen-bond acceptors (Lipinski definition) is 2. The molecule has 1 aromatic rings. The van der Waals surface area contributed by atoms with Crippen LogP contribution in [0.1, 0.15) is 30.5 Å². The van der Waals surface area contributed by atoms with Crippen LogP contribution >= 0.6 is 23.4 Å². The second-order valence-electron chi connectivity index (χ2n) is 3.93. The highest BCUT2D eigenvalue weighted by atomic mass is 35.5. The van der Waals surface area contributed by atoms with Crippen molar-refractivity contribution >= 4 is 23.4 Å². The quantitative estimate of drug-likeness (QED) is 0.757. The van der Waals surface area contributed by atoms with Gasteiger partial charge in [-0.1, -0.05) is 18.5 Å². The van der Waals surface area contributed by atoms with E-state index in [1.807, 2.05) is 11.8 Å². The van der Waals surface area contributed by atoms with Gasteiger partial charge in [-0.2, -0.15) is 11.8 Å². The van der Waals surface area contributed by atoms with E-state index in [4.69, 9.17) is 17.3 Å². The van der Waals surface area contributed by atoms with Gasteiger partial charge >= 0.3 is 0 Å². The van der Waals surface area contributed by atoms with E-state index in [1.54, 1.807) is 6.07 Å². The standard InChI is InChI=1S/C11H13ClFNS/c1-6-2-11(14)8-4-9(12)10(13)3-7(8)5-15-6/h3-4,6,11H,2,5,14H2,1H3. The summed E-state index contributed by atoms with van der Waals surface area (Å²) < 4.78 is 13.3. The monoisotopic (exact) mass is 245 g/mol. The SMILES string of the molecule is CC1CC(N)c2cc(Cl)c(F)cc2CS1. The third-order valence-electron chi connectivity index (χ3n) is 2.69. The molecule has 0 fully saturated rings. The van der Waals surface area contributed by atoms with Gasteiger partial charge in [0, 0.05) is 17.0 Å². The first-order valence-corrected chi connectivity index (χ1v) is 6.35. The Bertz CT molecular complexity index is 383. The summed E-state index contributed by atoms with van der Waals surface area (Å²) in [6.07, 6.45) is 0.916. The lowest BCUT2D eigenvalue weighted by Gasteiger charge is -2.14. The molecule has 1 aliphatic rings. The zero-order valence-corrected chi connectivity index (χ0v) is 10.0. The molecule has 2 unspecified atom stereocenters. The van der Waals surface area contributed by atoms with Crippen molar-refractivity contribution < 1.29 is 4.39 Å². The number of nitrogens with two attached hydrogens (primary N) is 1. The number of rotatable bonds is 0. The summed E-state index contributed by atoms with van der Waals surface area (Å²) in [6, 6.07) is 3.17. The number of fused-ring (bicyclic) bond motifs is 1. The van der Waals surface area contributed by atoms with Crippen LogP contribution in [0.5, 0.6) is 0 Å². The lowest BCUT2D eigenvalue weighted by atomic mass is 9.98. The molecule has 4 heteroatoms. The molecule has 1 nitrogen and oxygen atoms in total. The largest absolute Gasteiger partial charge is 0.324 e. The molecule has 1 aliphatic heterocycles. The highest BCUT2D eigenvalue weighted by Crippen LogP contribution is 2.35. The lowest BCUT2D eigenvalue weighted by Crippen LogP contribution is -2.14. The topological polar surface area (TPSA) is 26.0 Å². The molecule has 0 bridgehead atoms. The maximum absolute atomic E-state index is 13.3. The Morgan fingerprint density at radius 3 is 3.00 bits per heavy atom. The summed E-state index contributed by atoms with van der Waals surface area (Å²) in [4.78, 5) is 0. The van der Waals surface area contributed by atoms with E-state index in [1.165, 1.54) is 6.07 Å². The first-order chi connectivity index (χ1) is 7.08. The fraction of sp³-hybridized carbons (Fsp3) is 0.455.